The second-order valence-electron chi connectivity index (χ2n) is 6.54. The van der Waals surface area contributed by atoms with Crippen molar-refractivity contribution in [2.75, 3.05) is 0 Å². The number of hydrogen-bond acceptors (Lipinski definition) is 1. The Labute approximate surface area is 92.9 Å². The van der Waals surface area contributed by atoms with Gasteiger partial charge in [0.1, 0.15) is 0 Å². The molecule has 0 aromatic rings. The van der Waals surface area contributed by atoms with Gasteiger partial charge in [-0.05, 0) is 51.9 Å². The smallest absolute Gasteiger partial charge is 0.0926 e. The van der Waals surface area contributed by atoms with Gasteiger partial charge in [0.25, 0.3) is 0 Å². The van der Waals surface area contributed by atoms with Crippen LogP contribution in [0.1, 0.15) is 52.9 Å². The topological polar surface area (TPSA) is 9.23 Å². The van der Waals surface area contributed by atoms with Crippen molar-refractivity contribution in [1.29, 1.82) is 0 Å². The van der Waals surface area contributed by atoms with Gasteiger partial charge in [-0.1, -0.05) is 19.1 Å². The molecular weight excluding hydrogens is 184 g/mol. The van der Waals surface area contributed by atoms with Crippen molar-refractivity contribution >= 4 is 0 Å². The molecule has 1 heteroatoms. The second-order valence-corrected chi connectivity index (χ2v) is 6.54. The summed E-state index contributed by atoms with van der Waals surface area (Å²) in [4.78, 5) is 0. The van der Waals surface area contributed by atoms with Crippen molar-refractivity contribution in [2.45, 2.75) is 64.1 Å². The molecule has 1 spiro atoms. The van der Waals surface area contributed by atoms with E-state index >= 15 is 0 Å². The zero-order valence-electron chi connectivity index (χ0n) is 10.2. The molecule has 1 nitrogen and oxygen atoms in total. The monoisotopic (exact) mass is 206 g/mol. The van der Waals surface area contributed by atoms with E-state index in [1.54, 1.807) is 0 Å². The third-order valence-corrected chi connectivity index (χ3v) is 5.29. The lowest BCUT2D eigenvalue weighted by atomic mass is 9.58. The third-order valence-electron chi connectivity index (χ3n) is 5.29. The molecule has 1 saturated heterocycles. The molecule has 15 heavy (non-hydrogen) atoms. The van der Waals surface area contributed by atoms with Crippen LogP contribution in [0.2, 0.25) is 0 Å². The van der Waals surface area contributed by atoms with Crippen LogP contribution in [0.15, 0.2) is 12.2 Å². The highest BCUT2D eigenvalue weighted by atomic mass is 16.5. The number of hydrogen-bond donors (Lipinski definition) is 0. The third kappa shape index (κ3) is 1.13. The molecule has 0 N–H and O–H groups in total. The number of rotatable bonds is 0. The standard InChI is InChI=1S/C14H22O/c1-12(2)11-6-9-13(3)7-4-5-8-14(13,10-11)15-12/h5,8,11H,4,6-7,9-10H2,1-3H3. The number of fused-ring (bicyclic) bond motifs is 1. The number of allylic oxidation sites excluding steroid dienone is 1. The first kappa shape index (κ1) is 9.89. The van der Waals surface area contributed by atoms with Gasteiger partial charge in [0.2, 0.25) is 0 Å². The van der Waals surface area contributed by atoms with Gasteiger partial charge in [-0.15, -0.1) is 0 Å². The number of ether oxygens (including phenoxy) is 1. The van der Waals surface area contributed by atoms with E-state index in [2.05, 4.69) is 32.9 Å². The molecule has 0 amide bonds. The fourth-order valence-corrected chi connectivity index (χ4v) is 4.05. The van der Waals surface area contributed by atoms with Crippen LogP contribution in [0.5, 0.6) is 0 Å². The lowest BCUT2D eigenvalue weighted by Gasteiger charge is -2.49. The molecule has 0 radical (unpaired) electrons. The van der Waals surface area contributed by atoms with Gasteiger partial charge in [-0.25, -0.2) is 0 Å². The van der Waals surface area contributed by atoms with Gasteiger partial charge in [-0.3, -0.25) is 0 Å². The minimum absolute atomic E-state index is 0.0810. The molecule has 0 aromatic carbocycles. The van der Waals surface area contributed by atoms with Crippen LogP contribution in [0.3, 0.4) is 0 Å². The summed E-state index contributed by atoms with van der Waals surface area (Å²) in [5, 5.41) is 0. The van der Waals surface area contributed by atoms with E-state index < -0.39 is 0 Å². The van der Waals surface area contributed by atoms with Crippen LogP contribution in [0.4, 0.5) is 0 Å². The predicted octanol–water partition coefficient (Wildman–Crippen LogP) is 3.69. The maximum atomic E-state index is 6.48. The minimum Gasteiger partial charge on any atom is -0.364 e. The Morgan fingerprint density at radius 1 is 1.20 bits per heavy atom. The molecule has 3 rings (SSSR count). The summed E-state index contributed by atoms with van der Waals surface area (Å²) in [6, 6.07) is 0. The highest BCUT2D eigenvalue weighted by molar-refractivity contribution is 5.22. The summed E-state index contributed by atoms with van der Waals surface area (Å²) in [5.74, 6) is 0.772. The Kier molecular flexibility index (Phi) is 1.77. The Balaban J connectivity index is 2.06. The van der Waals surface area contributed by atoms with Crippen LogP contribution in [-0.2, 0) is 4.74 Å². The van der Waals surface area contributed by atoms with Gasteiger partial charge < -0.3 is 4.74 Å². The Morgan fingerprint density at radius 3 is 2.80 bits per heavy atom. The van der Waals surface area contributed by atoms with Crippen LogP contribution in [0, 0.1) is 11.3 Å². The van der Waals surface area contributed by atoms with Crippen molar-refractivity contribution in [3.8, 4) is 0 Å². The fraction of sp³-hybridized carbons (Fsp3) is 0.857. The van der Waals surface area contributed by atoms with Crippen molar-refractivity contribution in [3.63, 3.8) is 0 Å². The van der Waals surface area contributed by atoms with E-state index in [0.29, 0.717) is 5.41 Å². The first-order valence-electron chi connectivity index (χ1n) is 6.35. The van der Waals surface area contributed by atoms with Gasteiger partial charge in [0, 0.05) is 5.41 Å². The van der Waals surface area contributed by atoms with E-state index in [-0.39, 0.29) is 11.2 Å². The molecule has 84 valence electrons. The van der Waals surface area contributed by atoms with Gasteiger partial charge in [0.05, 0.1) is 11.2 Å². The lowest BCUT2D eigenvalue weighted by molar-refractivity contribution is -0.123. The summed E-state index contributed by atoms with van der Waals surface area (Å²) >= 11 is 0. The molecule has 2 bridgehead atoms. The SMILES string of the molecule is CC1(C)OC23C=CCCC2(C)CCC1C3. The molecular formula is C14H22O. The zero-order chi connectivity index (χ0) is 10.7. The quantitative estimate of drug-likeness (QED) is 0.549. The van der Waals surface area contributed by atoms with E-state index in [4.69, 9.17) is 4.74 Å². The summed E-state index contributed by atoms with van der Waals surface area (Å²) in [6.45, 7) is 7.00. The highest BCUT2D eigenvalue weighted by Gasteiger charge is 2.61. The van der Waals surface area contributed by atoms with E-state index in [9.17, 15) is 0 Å². The normalized spacial score (nSPS) is 51.5. The van der Waals surface area contributed by atoms with E-state index in [0.717, 1.165) is 5.92 Å². The molecule has 1 aliphatic heterocycles. The van der Waals surface area contributed by atoms with Crippen LogP contribution >= 0.6 is 0 Å². The van der Waals surface area contributed by atoms with Crippen molar-refractivity contribution in [2.24, 2.45) is 11.3 Å². The molecule has 2 fully saturated rings. The lowest BCUT2D eigenvalue weighted by Crippen LogP contribution is -2.48. The van der Waals surface area contributed by atoms with Crippen LogP contribution < -0.4 is 0 Å². The first-order chi connectivity index (χ1) is 6.98. The highest BCUT2D eigenvalue weighted by Crippen LogP contribution is 2.62. The summed E-state index contributed by atoms with van der Waals surface area (Å²) in [6.07, 6.45) is 11.2. The summed E-state index contributed by atoms with van der Waals surface area (Å²) < 4.78 is 6.48. The molecule has 0 aromatic heterocycles. The summed E-state index contributed by atoms with van der Waals surface area (Å²) in [7, 11) is 0. The Bertz CT molecular complexity index is 317. The van der Waals surface area contributed by atoms with Crippen molar-refractivity contribution in [1.82, 2.24) is 0 Å². The molecule has 1 saturated carbocycles. The molecule has 1 heterocycles. The summed E-state index contributed by atoms with van der Waals surface area (Å²) in [5.41, 5.74) is 0.586. The zero-order valence-corrected chi connectivity index (χ0v) is 10.2. The van der Waals surface area contributed by atoms with Gasteiger partial charge in [-0.2, -0.15) is 0 Å². The Hall–Kier alpha value is -0.300. The molecule has 3 aliphatic rings. The molecule has 2 aliphatic carbocycles. The van der Waals surface area contributed by atoms with Crippen molar-refractivity contribution < 1.29 is 4.74 Å². The Morgan fingerprint density at radius 2 is 2.00 bits per heavy atom. The average molecular weight is 206 g/mol. The second kappa shape index (κ2) is 2.68. The maximum Gasteiger partial charge on any atom is 0.0926 e. The maximum absolute atomic E-state index is 6.48. The molecule has 3 atom stereocenters. The van der Waals surface area contributed by atoms with Gasteiger partial charge in [0.15, 0.2) is 0 Å². The average Bonchev–Trinajstić information content (AvgIpc) is 2.38. The van der Waals surface area contributed by atoms with Crippen molar-refractivity contribution in [3.05, 3.63) is 12.2 Å². The van der Waals surface area contributed by atoms with Crippen LogP contribution in [-0.4, -0.2) is 11.2 Å². The predicted molar refractivity (Wildman–Crippen MR) is 61.7 cm³/mol. The first-order valence-corrected chi connectivity index (χ1v) is 6.35. The van der Waals surface area contributed by atoms with Crippen LogP contribution in [0.25, 0.3) is 0 Å². The van der Waals surface area contributed by atoms with Gasteiger partial charge >= 0.3 is 0 Å². The van der Waals surface area contributed by atoms with E-state index in [1.165, 1.54) is 32.1 Å². The minimum atomic E-state index is 0.0810. The fourth-order valence-electron chi connectivity index (χ4n) is 4.05. The molecule has 3 unspecified atom stereocenters. The van der Waals surface area contributed by atoms with E-state index in [1.807, 2.05) is 0 Å². The largest absolute Gasteiger partial charge is 0.364 e.